The highest BCUT2D eigenvalue weighted by molar-refractivity contribution is 6.33. The fourth-order valence-electron chi connectivity index (χ4n) is 4.77. The molecule has 2 fully saturated rings. The van der Waals surface area contributed by atoms with Gasteiger partial charge in [-0.3, -0.25) is 14.4 Å². The van der Waals surface area contributed by atoms with Crippen molar-refractivity contribution in [2.24, 2.45) is 11.8 Å². The topological polar surface area (TPSA) is 136 Å². The zero-order valence-corrected chi connectivity index (χ0v) is 21.1. The van der Waals surface area contributed by atoms with Crippen molar-refractivity contribution >= 4 is 40.2 Å². The Balaban J connectivity index is 1.48. The second-order valence-electron chi connectivity index (χ2n) is 10.3. The SMILES string of the molecule is COc1c(Cl)cc(F)c2[nH]c(C(=O)N[C@@H](CC3CC3)C(=O)N[C@H](C#N)C[C@@H]3CC(C)(C)NC3=O)cc12. The highest BCUT2D eigenvalue weighted by Gasteiger charge is 2.39. The van der Waals surface area contributed by atoms with Gasteiger partial charge in [-0.25, -0.2) is 4.39 Å². The fraction of sp³-hybridized carbons (Fsp3) is 0.520. The quantitative estimate of drug-likeness (QED) is 0.405. The van der Waals surface area contributed by atoms with Gasteiger partial charge in [0, 0.05) is 16.8 Å². The number of H-pyrrole nitrogens is 1. The lowest BCUT2D eigenvalue weighted by Gasteiger charge is -2.21. The second kappa shape index (κ2) is 9.97. The van der Waals surface area contributed by atoms with Crippen molar-refractivity contribution in [2.75, 3.05) is 7.11 Å². The van der Waals surface area contributed by atoms with Gasteiger partial charge in [0.05, 0.1) is 23.7 Å². The third-order valence-electron chi connectivity index (χ3n) is 6.69. The molecule has 36 heavy (non-hydrogen) atoms. The first kappa shape index (κ1) is 25.8. The molecule has 0 spiro atoms. The number of aromatic nitrogens is 1. The van der Waals surface area contributed by atoms with Gasteiger partial charge < -0.3 is 25.7 Å². The van der Waals surface area contributed by atoms with Crippen molar-refractivity contribution in [1.82, 2.24) is 20.9 Å². The average Bonchev–Trinajstić information content (AvgIpc) is 3.43. The molecule has 4 rings (SSSR count). The van der Waals surface area contributed by atoms with Crippen LogP contribution in [0.4, 0.5) is 4.39 Å². The Kier molecular flexibility index (Phi) is 7.14. The van der Waals surface area contributed by atoms with Gasteiger partial charge in [0.2, 0.25) is 11.8 Å². The van der Waals surface area contributed by atoms with Gasteiger partial charge in [-0.1, -0.05) is 24.4 Å². The van der Waals surface area contributed by atoms with Crippen LogP contribution in [0.1, 0.15) is 56.4 Å². The van der Waals surface area contributed by atoms with E-state index in [1.54, 1.807) is 0 Å². The van der Waals surface area contributed by atoms with E-state index in [0.717, 1.165) is 18.9 Å². The number of rotatable bonds is 9. The molecule has 11 heteroatoms. The first-order valence-electron chi connectivity index (χ1n) is 11.9. The summed E-state index contributed by atoms with van der Waals surface area (Å²) in [4.78, 5) is 41.1. The van der Waals surface area contributed by atoms with E-state index in [1.807, 2.05) is 13.8 Å². The van der Waals surface area contributed by atoms with Crippen molar-refractivity contribution < 1.29 is 23.5 Å². The molecule has 1 saturated heterocycles. The van der Waals surface area contributed by atoms with Crippen molar-refractivity contribution in [3.63, 3.8) is 0 Å². The van der Waals surface area contributed by atoms with Crippen LogP contribution in [0, 0.1) is 29.0 Å². The van der Waals surface area contributed by atoms with Gasteiger partial charge in [0.25, 0.3) is 5.91 Å². The average molecular weight is 518 g/mol. The minimum atomic E-state index is -0.892. The molecular weight excluding hydrogens is 489 g/mol. The number of nitriles is 1. The van der Waals surface area contributed by atoms with Crippen LogP contribution in [0.2, 0.25) is 5.02 Å². The molecule has 1 aromatic carbocycles. The van der Waals surface area contributed by atoms with Gasteiger partial charge in [0.1, 0.15) is 29.3 Å². The number of halogens is 2. The standard InChI is InChI=1S/C25H29ClFN5O4/c1-25(2)10-13(22(33)32-25)7-14(11-28)29-23(34)18(6-12-4-5-12)31-24(35)19-8-15-20(30-19)17(27)9-16(26)21(15)36-3/h8-9,12-14,18,30H,4-7,10H2,1-3H3,(H,29,34)(H,31,35)(H,32,33)/t13-,14+,18+/m1/s1. The van der Waals surface area contributed by atoms with Crippen LogP contribution in [0.15, 0.2) is 12.1 Å². The van der Waals surface area contributed by atoms with Crippen LogP contribution in [0.25, 0.3) is 10.9 Å². The summed E-state index contributed by atoms with van der Waals surface area (Å²) in [5.74, 6) is -1.74. The highest BCUT2D eigenvalue weighted by atomic mass is 35.5. The van der Waals surface area contributed by atoms with Crippen molar-refractivity contribution in [3.05, 3.63) is 28.7 Å². The molecule has 1 aromatic heterocycles. The Labute approximate surface area is 213 Å². The number of methoxy groups -OCH3 is 1. The van der Waals surface area contributed by atoms with E-state index in [1.165, 1.54) is 13.2 Å². The fourth-order valence-corrected chi connectivity index (χ4v) is 5.04. The number of nitrogens with one attached hydrogen (secondary N) is 4. The normalized spacial score (nSPS) is 20.3. The summed E-state index contributed by atoms with van der Waals surface area (Å²) in [6.45, 7) is 3.82. The first-order chi connectivity index (χ1) is 17.0. The first-order valence-corrected chi connectivity index (χ1v) is 12.3. The van der Waals surface area contributed by atoms with Crippen LogP contribution >= 0.6 is 11.6 Å². The largest absolute Gasteiger partial charge is 0.494 e. The third-order valence-corrected chi connectivity index (χ3v) is 6.97. The molecule has 1 aliphatic carbocycles. The van der Waals surface area contributed by atoms with Crippen molar-refractivity contribution in [1.29, 1.82) is 5.26 Å². The predicted octanol–water partition coefficient (Wildman–Crippen LogP) is 3.18. The molecule has 2 heterocycles. The maximum absolute atomic E-state index is 14.4. The Bertz CT molecular complexity index is 1250. The van der Waals surface area contributed by atoms with Crippen molar-refractivity contribution in [3.8, 4) is 11.8 Å². The molecular formula is C25H29ClFN5O4. The number of carbonyl (C=O) groups excluding carboxylic acids is 3. The van der Waals surface area contributed by atoms with Gasteiger partial charge in [-0.2, -0.15) is 5.26 Å². The summed E-state index contributed by atoms with van der Waals surface area (Å²) in [5.41, 5.74) is -0.258. The van der Waals surface area contributed by atoms with Gasteiger partial charge >= 0.3 is 0 Å². The third kappa shape index (κ3) is 5.57. The van der Waals surface area contributed by atoms with Crippen LogP contribution in [-0.2, 0) is 9.59 Å². The second-order valence-corrected chi connectivity index (χ2v) is 10.7. The Morgan fingerprint density at radius 2 is 2.03 bits per heavy atom. The highest BCUT2D eigenvalue weighted by Crippen LogP contribution is 2.36. The lowest BCUT2D eigenvalue weighted by atomic mass is 9.92. The maximum Gasteiger partial charge on any atom is 0.268 e. The van der Waals surface area contributed by atoms with Crippen LogP contribution in [0.3, 0.4) is 0 Å². The van der Waals surface area contributed by atoms with Crippen molar-refractivity contribution in [2.45, 2.75) is 63.6 Å². The molecule has 0 radical (unpaired) electrons. The molecule has 2 aliphatic rings. The summed E-state index contributed by atoms with van der Waals surface area (Å²) in [6.07, 6.45) is 3.06. The van der Waals surface area contributed by atoms with Gasteiger partial charge in [-0.05, 0) is 51.2 Å². The van der Waals surface area contributed by atoms with Crippen LogP contribution in [0.5, 0.6) is 5.75 Å². The summed E-state index contributed by atoms with van der Waals surface area (Å²) < 4.78 is 19.7. The monoisotopic (exact) mass is 517 g/mol. The zero-order chi connectivity index (χ0) is 26.2. The summed E-state index contributed by atoms with van der Waals surface area (Å²) in [7, 11) is 1.39. The molecule has 1 saturated carbocycles. The van der Waals surface area contributed by atoms with Crippen LogP contribution in [-0.4, -0.2) is 47.4 Å². The van der Waals surface area contributed by atoms with E-state index in [4.69, 9.17) is 16.3 Å². The van der Waals surface area contributed by atoms with E-state index in [2.05, 4.69) is 27.0 Å². The van der Waals surface area contributed by atoms with E-state index in [0.29, 0.717) is 24.1 Å². The summed E-state index contributed by atoms with van der Waals surface area (Å²) in [6, 6.07) is 2.80. The maximum atomic E-state index is 14.4. The number of benzene rings is 1. The number of hydrogen-bond donors (Lipinski definition) is 4. The van der Waals surface area contributed by atoms with E-state index < -0.39 is 29.7 Å². The van der Waals surface area contributed by atoms with Gasteiger partial charge in [0.15, 0.2) is 0 Å². The molecule has 0 bridgehead atoms. The van der Waals surface area contributed by atoms with E-state index >= 15 is 0 Å². The number of aromatic amines is 1. The smallest absolute Gasteiger partial charge is 0.268 e. The summed E-state index contributed by atoms with van der Waals surface area (Å²) in [5, 5.41) is 18.3. The number of nitrogens with zero attached hydrogens (tertiary/aromatic N) is 1. The molecule has 192 valence electrons. The van der Waals surface area contributed by atoms with E-state index in [-0.39, 0.29) is 45.8 Å². The molecule has 3 atom stereocenters. The number of carbonyl (C=O) groups is 3. The molecule has 3 amide bonds. The number of hydrogen-bond acceptors (Lipinski definition) is 5. The lowest BCUT2D eigenvalue weighted by molar-refractivity contribution is -0.125. The van der Waals surface area contributed by atoms with Gasteiger partial charge in [-0.15, -0.1) is 0 Å². The Morgan fingerprint density at radius 1 is 1.31 bits per heavy atom. The lowest BCUT2D eigenvalue weighted by Crippen LogP contribution is -2.50. The molecule has 0 unspecified atom stereocenters. The Morgan fingerprint density at radius 3 is 2.61 bits per heavy atom. The predicted molar refractivity (Wildman–Crippen MR) is 131 cm³/mol. The van der Waals surface area contributed by atoms with Crippen LogP contribution < -0.4 is 20.7 Å². The molecule has 1 aliphatic heterocycles. The summed E-state index contributed by atoms with van der Waals surface area (Å²) >= 11 is 6.05. The minimum absolute atomic E-state index is 0.0414. The number of ether oxygens (including phenoxy) is 1. The number of fused-ring (bicyclic) bond motifs is 1. The van der Waals surface area contributed by atoms with E-state index in [9.17, 15) is 24.0 Å². The number of amides is 3. The zero-order valence-electron chi connectivity index (χ0n) is 20.3. The Hall–Kier alpha value is -3.32. The molecule has 4 N–H and O–H groups in total. The molecule has 2 aromatic rings. The minimum Gasteiger partial charge on any atom is -0.494 e. The molecule has 9 nitrogen and oxygen atoms in total.